The van der Waals surface area contributed by atoms with Gasteiger partial charge in [-0.25, -0.2) is 0 Å². The normalized spacial score (nSPS) is 12.5. The summed E-state index contributed by atoms with van der Waals surface area (Å²) in [5.41, 5.74) is 0.810. The number of hydrogen-bond acceptors (Lipinski definition) is 4. The molecule has 0 aliphatic carbocycles. The maximum absolute atomic E-state index is 12.1. The van der Waals surface area contributed by atoms with E-state index in [4.69, 9.17) is 9.47 Å². The maximum Gasteiger partial charge on any atom is 0.248 e. The van der Waals surface area contributed by atoms with E-state index in [2.05, 4.69) is 4.98 Å². The van der Waals surface area contributed by atoms with Gasteiger partial charge in [-0.15, -0.1) is 0 Å². The highest BCUT2D eigenvalue weighted by Crippen LogP contribution is 2.17. The predicted molar refractivity (Wildman–Crippen MR) is 72.7 cm³/mol. The molecule has 0 saturated carbocycles. The van der Waals surface area contributed by atoms with Crippen LogP contribution in [0.1, 0.15) is 25.6 Å². The van der Waals surface area contributed by atoms with Crippen molar-refractivity contribution in [2.75, 3.05) is 27.4 Å². The van der Waals surface area contributed by atoms with Crippen molar-refractivity contribution in [2.24, 2.45) is 0 Å². The average Bonchev–Trinajstić information content (AvgIpc) is 2.42. The summed E-state index contributed by atoms with van der Waals surface area (Å²) >= 11 is 0. The summed E-state index contributed by atoms with van der Waals surface area (Å²) in [5.74, 6) is -0.0820. The van der Waals surface area contributed by atoms with Crippen LogP contribution >= 0.6 is 0 Å². The molecule has 0 aliphatic heterocycles. The van der Waals surface area contributed by atoms with Crippen molar-refractivity contribution in [3.05, 3.63) is 30.1 Å². The topological polar surface area (TPSA) is 51.7 Å². The molecule has 1 aromatic heterocycles. The largest absolute Gasteiger partial charge is 0.382 e. The molecule has 19 heavy (non-hydrogen) atoms. The molecular formula is C14H22N2O3. The fraction of sp³-hybridized carbons (Fsp3) is 0.571. The van der Waals surface area contributed by atoms with Crippen LogP contribution in [0.5, 0.6) is 0 Å². The Morgan fingerprint density at radius 1 is 1.42 bits per heavy atom. The van der Waals surface area contributed by atoms with E-state index in [-0.39, 0.29) is 24.7 Å². The molecule has 0 spiro atoms. The van der Waals surface area contributed by atoms with Gasteiger partial charge in [-0.05, 0) is 26.0 Å². The molecule has 1 unspecified atom stereocenters. The van der Waals surface area contributed by atoms with E-state index in [1.165, 1.54) is 0 Å². The number of hydrogen-bond donors (Lipinski definition) is 0. The van der Waals surface area contributed by atoms with Crippen LogP contribution in [-0.4, -0.2) is 49.3 Å². The summed E-state index contributed by atoms with van der Waals surface area (Å²) in [6, 6.07) is 5.43. The van der Waals surface area contributed by atoms with E-state index in [0.29, 0.717) is 6.61 Å². The highest BCUT2D eigenvalue weighted by Gasteiger charge is 2.22. The quantitative estimate of drug-likeness (QED) is 0.753. The zero-order valence-electron chi connectivity index (χ0n) is 12.0. The maximum atomic E-state index is 12.1. The van der Waals surface area contributed by atoms with Crippen molar-refractivity contribution in [3.8, 4) is 0 Å². The van der Waals surface area contributed by atoms with Gasteiger partial charge in [0.1, 0.15) is 6.61 Å². The van der Waals surface area contributed by atoms with Gasteiger partial charge in [-0.3, -0.25) is 9.78 Å². The van der Waals surface area contributed by atoms with Crippen molar-refractivity contribution in [1.29, 1.82) is 0 Å². The van der Waals surface area contributed by atoms with Gasteiger partial charge in [0, 0.05) is 20.4 Å². The Balaban J connectivity index is 2.73. The Kier molecular flexibility index (Phi) is 6.45. The van der Waals surface area contributed by atoms with Gasteiger partial charge in [-0.1, -0.05) is 6.07 Å². The van der Waals surface area contributed by atoms with Crippen LogP contribution in [0.15, 0.2) is 24.4 Å². The first-order chi connectivity index (χ1) is 9.06. The Morgan fingerprint density at radius 2 is 2.16 bits per heavy atom. The number of rotatable bonds is 7. The number of amides is 1. The first-order valence-electron chi connectivity index (χ1n) is 6.33. The number of methoxy groups -OCH3 is 1. The molecule has 0 N–H and O–H groups in total. The number of carbonyl (C=O) groups excluding carboxylic acids is 1. The summed E-state index contributed by atoms with van der Waals surface area (Å²) < 4.78 is 10.5. The van der Waals surface area contributed by atoms with E-state index < -0.39 is 0 Å². The Morgan fingerprint density at radius 3 is 2.68 bits per heavy atom. The molecule has 0 aliphatic rings. The lowest BCUT2D eigenvalue weighted by Crippen LogP contribution is -2.37. The van der Waals surface area contributed by atoms with E-state index in [0.717, 1.165) is 5.69 Å². The third-order valence-corrected chi connectivity index (χ3v) is 2.75. The van der Waals surface area contributed by atoms with Gasteiger partial charge in [0.2, 0.25) is 5.91 Å². The fourth-order valence-electron chi connectivity index (χ4n) is 1.64. The number of nitrogens with zero attached hydrogens (tertiary/aromatic N) is 2. The Bertz CT molecular complexity index is 382. The van der Waals surface area contributed by atoms with Crippen LogP contribution in [0, 0.1) is 0 Å². The molecule has 1 atom stereocenters. The third kappa shape index (κ3) is 4.96. The molecule has 0 aromatic carbocycles. The van der Waals surface area contributed by atoms with Gasteiger partial charge in [0.15, 0.2) is 0 Å². The first kappa shape index (κ1) is 15.6. The molecule has 1 amide bonds. The molecule has 0 radical (unpaired) electrons. The third-order valence-electron chi connectivity index (χ3n) is 2.75. The second-order valence-electron chi connectivity index (χ2n) is 4.59. The smallest absolute Gasteiger partial charge is 0.248 e. The molecule has 1 heterocycles. The first-order valence-corrected chi connectivity index (χ1v) is 6.33. The zero-order chi connectivity index (χ0) is 14.3. The minimum absolute atomic E-state index is 0.0353. The van der Waals surface area contributed by atoms with Crippen LogP contribution in [-0.2, 0) is 14.3 Å². The van der Waals surface area contributed by atoms with Gasteiger partial charge in [0.05, 0.1) is 24.4 Å². The standard InChI is InChI=1S/C14H22N2O3/c1-11(2)19-10-14(17)16(3)13(9-18-4)12-7-5-6-8-15-12/h5-8,11,13H,9-10H2,1-4H3. The van der Waals surface area contributed by atoms with E-state index in [1.54, 1.807) is 25.3 Å². The average molecular weight is 266 g/mol. The molecule has 1 aromatic rings. The Hall–Kier alpha value is -1.46. The minimum atomic E-state index is -0.200. The van der Waals surface area contributed by atoms with Crippen LogP contribution in [0.2, 0.25) is 0 Å². The molecule has 0 saturated heterocycles. The summed E-state index contributed by atoms with van der Waals surface area (Å²) in [6.07, 6.45) is 1.74. The number of ether oxygens (including phenoxy) is 2. The molecule has 5 nitrogen and oxygen atoms in total. The van der Waals surface area contributed by atoms with Crippen molar-refractivity contribution in [2.45, 2.75) is 26.0 Å². The molecule has 1 rings (SSSR count). The van der Waals surface area contributed by atoms with Crippen molar-refractivity contribution in [1.82, 2.24) is 9.88 Å². The van der Waals surface area contributed by atoms with Crippen molar-refractivity contribution in [3.63, 3.8) is 0 Å². The van der Waals surface area contributed by atoms with Crippen molar-refractivity contribution >= 4 is 5.91 Å². The summed E-state index contributed by atoms with van der Waals surface area (Å²) in [6.45, 7) is 4.28. The van der Waals surface area contributed by atoms with Crippen molar-refractivity contribution < 1.29 is 14.3 Å². The fourth-order valence-corrected chi connectivity index (χ4v) is 1.64. The van der Waals surface area contributed by atoms with Crippen LogP contribution in [0.25, 0.3) is 0 Å². The van der Waals surface area contributed by atoms with Crippen LogP contribution in [0.4, 0.5) is 0 Å². The molecule has 106 valence electrons. The summed E-state index contributed by atoms with van der Waals surface area (Å²) in [4.78, 5) is 18.0. The molecule has 0 bridgehead atoms. The monoisotopic (exact) mass is 266 g/mol. The summed E-state index contributed by atoms with van der Waals surface area (Å²) in [7, 11) is 3.35. The van der Waals surface area contributed by atoms with Crippen LogP contribution in [0.3, 0.4) is 0 Å². The lowest BCUT2D eigenvalue weighted by atomic mass is 10.1. The number of pyridine rings is 1. The van der Waals surface area contributed by atoms with Crippen LogP contribution < -0.4 is 0 Å². The highest BCUT2D eigenvalue weighted by atomic mass is 16.5. The van der Waals surface area contributed by atoms with Gasteiger partial charge in [-0.2, -0.15) is 0 Å². The van der Waals surface area contributed by atoms with Gasteiger partial charge >= 0.3 is 0 Å². The SMILES string of the molecule is COCC(c1ccccn1)N(C)C(=O)COC(C)C. The predicted octanol–water partition coefficient (Wildman–Crippen LogP) is 1.65. The second kappa shape index (κ2) is 7.86. The molecule has 5 heteroatoms. The summed E-state index contributed by atoms with van der Waals surface area (Å²) in [5, 5.41) is 0. The van der Waals surface area contributed by atoms with Gasteiger partial charge in [0.25, 0.3) is 0 Å². The van der Waals surface area contributed by atoms with E-state index in [1.807, 2.05) is 32.0 Å². The zero-order valence-corrected chi connectivity index (χ0v) is 12.0. The second-order valence-corrected chi connectivity index (χ2v) is 4.59. The Labute approximate surface area is 114 Å². The van der Waals surface area contributed by atoms with Gasteiger partial charge < -0.3 is 14.4 Å². The van der Waals surface area contributed by atoms with E-state index >= 15 is 0 Å². The van der Waals surface area contributed by atoms with E-state index in [9.17, 15) is 4.79 Å². The number of likely N-dealkylation sites (N-methyl/N-ethyl adjacent to an activating group) is 1. The minimum Gasteiger partial charge on any atom is -0.382 e. The highest BCUT2D eigenvalue weighted by molar-refractivity contribution is 5.77. The molecular weight excluding hydrogens is 244 g/mol. The molecule has 0 fully saturated rings. The lowest BCUT2D eigenvalue weighted by molar-refractivity contribution is -0.139. The lowest BCUT2D eigenvalue weighted by Gasteiger charge is -2.27. The number of carbonyl (C=O) groups is 1. The number of aromatic nitrogens is 1.